The average molecular weight is 462 g/mol. The van der Waals surface area contributed by atoms with Gasteiger partial charge in [-0.15, -0.1) is 0 Å². The average Bonchev–Trinajstić information content (AvgIpc) is 3.22. The molecule has 4 rings (SSSR count). The third-order valence-electron chi connectivity index (χ3n) is 6.21. The number of nitrogens with one attached hydrogen (secondary N) is 1. The Morgan fingerprint density at radius 1 is 1.00 bits per heavy atom. The third-order valence-corrected chi connectivity index (χ3v) is 6.21. The lowest BCUT2D eigenvalue weighted by molar-refractivity contribution is 0.0525. The van der Waals surface area contributed by atoms with E-state index in [0.29, 0.717) is 23.4 Å². The van der Waals surface area contributed by atoms with Gasteiger partial charge in [0.05, 0.1) is 24.2 Å². The molecule has 0 atom stereocenters. The molecule has 2 heterocycles. The molecule has 2 aromatic carbocycles. The Balaban J connectivity index is 1.44. The monoisotopic (exact) mass is 461 g/mol. The summed E-state index contributed by atoms with van der Waals surface area (Å²) in [6.07, 6.45) is 1.50. The van der Waals surface area contributed by atoms with Crippen molar-refractivity contribution in [1.82, 2.24) is 14.7 Å². The highest BCUT2D eigenvalue weighted by Gasteiger charge is 2.17. The number of ether oxygens (including phenoxy) is 1. The van der Waals surface area contributed by atoms with Gasteiger partial charge in [0.1, 0.15) is 5.56 Å². The molecule has 0 spiro atoms. The molecule has 3 aromatic rings. The molecule has 0 saturated carbocycles. The zero-order chi connectivity index (χ0) is 24.2. The molecule has 8 nitrogen and oxygen atoms in total. The second-order valence-electron chi connectivity index (χ2n) is 8.57. The molecule has 1 aliphatic rings. The van der Waals surface area contributed by atoms with E-state index >= 15 is 0 Å². The maximum Gasteiger partial charge on any atom is 0.341 e. The lowest BCUT2D eigenvalue weighted by Crippen LogP contribution is -2.44. The highest BCUT2D eigenvalue weighted by molar-refractivity contribution is 6.04. The number of aryl methyl sites for hydroxylation is 1. The smallest absolute Gasteiger partial charge is 0.341 e. The Bertz CT molecular complexity index is 1180. The summed E-state index contributed by atoms with van der Waals surface area (Å²) < 4.78 is 6.73. The molecule has 0 radical (unpaired) electrons. The van der Waals surface area contributed by atoms with Gasteiger partial charge in [-0.2, -0.15) is 5.10 Å². The van der Waals surface area contributed by atoms with E-state index in [1.165, 1.54) is 11.9 Å². The Morgan fingerprint density at radius 2 is 1.68 bits per heavy atom. The number of nitrogens with zero attached hydrogens (tertiary/aromatic N) is 4. The molecule has 8 heteroatoms. The standard InChI is InChI=1S/C26H31N5O3/c1-5-34-26(33)23-17-27-31(19(23)3)21-8-6-20(7-9-21)25(32)28-24-11-10-22(16-18(24)2)30-14-12-29(4)13-15-30/h6-11,16-17H,5,12-15H2,1-4H3,(H,28,32). The number of rotatable bonds is 6. The number of benzene rings is 2. The Hall–Kier alpha value is -3.65. The van der Waals surface area contributed by atoms with Gasteiger partial charge in [-0.3, -0.25) is 4.79 Å². The van der Waals surface area contributed by atoms with Crippen molar-refractivity contribution in [2.24, 2.45) is 0 Å². The minimum atomic E-state index is -0.392. The van der Waals surface area contributed by atoms with Crippen LogP contribution in [0.3, 0.4) is 0 Å². The fraction of sp³-hybridized carbons (Fsp3) is 0.346. The first-order valence-corrected chi connectivity index (χ1v) is 11.5. The SMILES string of the molecule is CCOC(=O)c1cnn(-c2ccc(C(=O)Nc3ccc(N4CCN(C)CC4)cc3C)cc2)c1C. The summed E-state index contributed by atoms with van der Waals surface area (Å²) >= 11 is 0. The minimum Gasteiger partial charge on any atom is -0.462 e. The topological polar surface area (TPSA) is 79.7 Å². The van der Waals surface area contributed by atoms with Crippen molar-refractivity contribution in [3.8, 4) is 5.69 Å². The van der Waals surface area contributed by atoms with Crippen LogP contribution in [-0.4, -0.2) is 66.4 Å². The van der Waals surface area contributed by atoms with Gasteiger partial charge in [-0.1, -0.05) is 0 Å². The third kappa shape index (κ3) is 4.97. The number of piperazine rings is 1. The van der Waals surface area contributed by atoms with Crippen LogP contribution in [0.1, 0.15) is 38.9 Å². The molecule has 34 heavy (non-hydrogen) atoms. The summed E-state index contributed by atoms with van der Waals surface area (Å²) in [5.41, 5.74) is 5.43. The summed E-state index contributed by atoms with van der Waals surface area (Å²) in [6.45, 7) is 10.0. The van der Waals surface area contributed by atoms with Crippen molar-refractivity contribution < 1.29 is 14.3 Å². The van der Waals surface area contributed by atoms with Crippen molar-refractivity contribution in [3.63, 3.8) is 0 Å². The van der Waals surface area contributed by atoms with E-state index in [1.807, 2.05) is 32.0 Å². The normalized spacial score (nSPS) is 14.2. The van der Waals surface area contributed by atoms with Crippen LogP contribution >= 0.6 is 0 Å². The van der Waals surface area contributed by atoms with Crippen molar-refractivity contribution in [2.45, 2.75) is 20.8 Å². The van der Waals surface area contributed by atoms with Crippen molar-refractivity contribution in [2.75, 3.05) is 50.1 Å². The largest absolute Gasteiger partial charge is 0.462 e. The number of anilines is 2. The number of carbonyl (C=O) groups excluding carboxylic acids is 2. The highest BCUT2D eigenvalue weighted by atomic mass is 16.5. The van der Waals surface area contributed by atoms with Crippen LogP contribution in [0.2, 0.25) is 0 Å². The van der Waals surface area contributed by atoms with Crippen LogP contribution in [0, 0.1) is 13.8 Å². The van der Waals surface area contributed by atoms with Gasteiger partial charge in [-0.05, 0) is 75.8 Å². The number of esters is 1. The maximum atomic E-state index is 12.9. The predicted octanol–water partition coefficient (Wildman–Crippen LogP) is 3.67. The summed E-state index contributed by atoms with van der Waals surface area (Å²) in [7, 11) is 2.14. The van der Waals surface area contributed by atoms with Crippen LogP contribution in [0.4, 0.5) is 11.4 Å². The second-order valence-corrected chi connectivity index (χ2v) is 8.57. The Labute approximate surface area is 200 Å². The van der Waals surface area contributed by atoms with Crippen LogP contribution in [-0.2, 0) is 4.74 Å². The van der Waals surface area contributed by atoms with Gasteiger partial charge in [0.15, 0.2) is 0 Å². The summed E-state index contributed by atoms with van der Waals surface area (Å²) in [6, 6.07) is 13.3. The number of likely N-dealkylation sites (N-methyl/N-ethyl adjacent to an activating group) is 1. The maximum absolute atomic E-state index is 12.9. The lowest BCUT2D eigenvalue weighted by Gasteiger charge is -2.34. The molecule has 1 N–H and O–H groups in total. The Morgan fingerprint density at radius 3 is 2.32 bits per heavy atom. The van der Waals surface area contributed by atoms with Gasteiger partial charge in [0, 0.05) is 43.1 Å². The van der Waals surface area contributed by atoms with Crippen LogP contribution in [0.5, 0.6) is 0 Å². The van der Waals surface area contributed by atoms with Gasteiger partial charge in [0.2, 0.25) is 0 Å². The van der Waals surface area contributed by atoms with E-state index < -0.39 is 5.97 Å². The molecule has 1 amide bonds. The Kier molecular flexibility index (Phi) is 6.98. The molecular weight excluding hydrogens is 430 g/mol. The fourth-order valence-electron chi connectivity index (χ4n) is 4.08. The van der Waals surface area contributed by atoms with E-state index in [1.54, 1.807) is 23.7 Å². The van der Waals surface area contributed by atoms with E-state index in [2.05, 4.69) is 39.4 Å². The van der Waals surface area contributed by atoms with E-state index in [4.69, 9.17) is 4.74 Å². The quantitative estimate of drug-likeness (QED) is 0.565. The van der Waals surface area contributed by atoms with Crippen LogP contribution in [0.25, 0.3) is 5.69 Å². The lowest BCUT2D eigenvalue weighted by atomic mass is 10.1. The first-order valence-electron chi connectivity index (χ1n) is 11.5. The van der Waals surface area contributed by atoms with Gasteiger partial charge in [-0.25, -0.2) is 9.48 Å². The molecule has 1 fully saturated rings. The minimum absolute atomic E-state index is 0.175. The van der Waals surface area contributed by atoms with E-state index in [9.17, 15) is 9.59 Å². The molecule has 0 bridgehead atoms. The number of carbonyl (C=O) groups is 2. The highest BCUT2D eigenvalue weighted by Crippen LogP contribution is 2.24. The van der Waals surface area contributed by atoms with Crippen molar-refractivity contribution >= 4 is 23.3 Å². The number of hydrogen-bond acceptors (Lipinski definition) is 6. The van der Waals surface area contributed by atoms with Gasteiger partial charge < -0.3 is 19.9 Å². The van der Waals surface area contributed by atoms with Crippen LogP contribution in [0.15, 0.2) is 48.7 Å². The molecular formula is C26H31N5O3. The van der Waals surface area contributed by atoms with Crippen LogP contribution < -0.4 is 10.2 Å². The van der Waals surface area contributed by atoms with Gasteiger partial charge in [0.25, 0.3) is 5.91 Å². The van der Waals surface area contributed by atoms with E-state index in [-0.39, 0.29) is 5.91 Å². The van der Waals surface area contributed by atoms with Crippen molar-refractivity contribution in [1.29, 1.82) is 0 Å². The zero-order valence-electron chi connectivity index (χ0n) is 20.2. The second kappa shape index (κ2) is 10.1. The summed E-state index contributed by atoms with van der Waals surface area (Å²) in [5.74, 6) is -0.567. The first-order chi connectivity index (χ1) is 16.4. The molecule has 1 saturated heterocycles. The van der Waals surface area contributed by atoms with E-state index in [0.717, 1.165) is 43.1 Å². The fourth-order valence-corrected chi connectivity index (χ4v) is 4.08. The molecule has 1 aromatic heterocycles. The van der Waals surface area contributed by atoms with Gasteiger partial charge >= 0.3 is 5.97 Å². The van der Waals surface area contributed by atoms with Crippen molar-refractivity contribution in [3.05, 3.63) is 71.0 Å². The predicted molar refractivity (Wildman–Crippen MR) is 133 cm³/mol. The molecule has 1 aliphatic heterocycles. The molecule has 178 valence electrons. The number of amides is 1. The summed E-state index contributed by atoms with van der Waals surface area (Å²) in [4.78, 5) is 29.6. The number of aromatic nitrogens is 2. The molecule has 0 aliphatic carbocycles. The first kappa shape index (κ1) is 23.5. The summed E-state index contributed by atoms with van der Waals surface area (Å²) in [5, 5.41) is 7.32. The number of hydrogen-bond donors (Lipinski definition) is 1. The molecule has 0 unspecified atom stereocenters. The zero-order valence-corrected chi connectivity index (χ0v) is 20.2.